The minimum Gasteiger partial charge on any atom is -0.444 e. The molecule has 0 saturated carbocycles. The van der Waals surface area contributed by atoms with E-state index in [1.807, 2.05) is 20.8 Å². The molecule has 1 saturated heterocycles. The van der Waals surface area contributed by atoms with Crippen LogP contribution in [0, 0.1) is 0 Å². The second-order valence-electron chi connectivity index (χ2n) is 6.10. The second-order valence-corrected chi connectivity index (χ2v) is 6.10. The lowest BCUT2D eigenvalue weighted by molar-refractivity contribution is 0.0418. The Hall–Kier alpha value is -0.810. The van der Waals surface area contributed by atoms with Gasteiger partial charge in [-0.2, -0.15) is 0 Å². The Morgan fingerprint density at radius 3 is 2.67 bits per heavy atom. The molecule has 18 heavy (non-hydrogen) atoms. The van der Waals surface area contributed by atoms with Crippen molar-refractivity contribution >= 4 is 6.09 Å². The fourth-order valence-electron chi connectivity index (χ4n) is 1.97. The zero-order valence-corrected chi connectivity index (χ0v) is 11.8. The van der Waals surface area contributed by atoms with Crippen molar-refractivity contribution in [2.24, 2.45) is 0 Å². The van der Waals surface area contributed by atoms with Gasteiger partial charge in [0.1, 0.15) is 5.60 Å². The standard InChI is InChI=1S/C13H25NO4/c1-10(15)5-6-13(7-8-17-9-13)14-11(16)18-12(2,3)4/h10,15H,5-9H2,1-4H3,(H,14,16)/t10-,13?/m0/s1. The summed E-state index contributed by atoms with van der Waals surface area (Å²) >= 11 is 0. The summed E-state index contributed by atoms with van der Waals surface area (Å²) in [6, 6.07) is 0. The Bertz CT molecular complexity index is 277. The molecule has 0 bridgehead atoms. The average molecular weight is 259 g/mol. The molecule has 1 unspecified atom stereocenters. The number of aliphatic hydroxyl groups excluding tert-OH is 1. The van der Waals surface area contributed by atoms with Crippen LogP contribution < -0.4 is 5.32 Å². The first kappa shape index (κ1) is 15.2. The Morgan fingerprint density at radius 2 is 2.22 bits per heavy atom. The number of carbonyl (C=O) groups is 1. The van der Waals surface area contributed by atoms with E-state index >= 15 is 0 Å². The fourth-order valence-corrected chi connectivity index (χ4v) is 1.97. The van der Waals surface area contributed by atoms with E-state index in [1.165, 1.54) is 0 Å². The van der Waals surface area contributed by atoms with E-state index in [2.05, 4.69) is 5.32 Å². The molecule has 0 aromatic carbocycles. The molecule has 0 spiro atoms. The highest BCUT2D eigenvalue weighted by Crippen LogP contribution is 2.25. The van der Waals surface area contributed by atoms with Crippen LogP contribution in [0.3, 0.4) is 0 Å². The van der Waals surface area contributed by atoms with Crippen LogP contribution in [0.4, 0.5) is 4.79 Å². The lowest BCUT2D eigenvalue weighted by atomic mass is 9.91. The molecular weight excluding hydrogens is 234 g/mol. The first-order valence-electron chi connectivity index (χ1n) is 6.49. The van der Waals surface area contributed by atoms with Crippen molar-refractivity contribution in [3.05, 3.63) is 0 Å². The molecule has 2 N–H and O–H groups in total. The highest BCUT2D eigenvalue weighted by atomic mass is 16.6. The molecular formula is C13H25NO4. The van der Waals surface area contributed by atoms with Gasteiger partial charge in [-0.1, -0.05) is 0 Å². The number of nitrogens with one attached hydrogen (secondary N) is 1. The van der Waals surface area contributed by atoms with Crippen LogP contribution in [0.15, 0.2) is 0 Å². The van der Waals surface area contributed by atoms with Crippen molar-refractivity contribution in [3.8, 4) is 0 Å². The highest BCUT2D eigenvalue weighted by Gasteiger charge is 2.37. The third kappa shape index (κ3) is 5.23. The van der Waals surface area contributed by atoms with Crippen LogP contribution in [-0.4, -0.2) is 41.7 Å². The topological polar surface area (TPSA) is 67.8 Å². The van der Waals surface area contributed by atoms with Gasteiger partial charge in [-0.05, 0) is 47.0 Å². The van der Waals surface area contributed by atoms with Gasteiger partial charge in [-0.15, -0.1) is 0 Å². The van der Waals surface area contributed by atoms with E-state index in [9.17, 15) is 9.90 Å². The molecule has 1 aliphatic heterocycles. The maximum absolute atomic E-state index is 11.8. The first-order chi connectivity index (χ1) is 8.22. The van der Waals surface area contributed by atoms with Gasteiger partial charge in [0, 0.05) is 6.61 Å². The van der Waals surface area contributed by atoms with Crippen molar-refractivity contribution in [1.29, 1.82) is 0 Å². The first-order valence-corrected chi connectivity index (χ1v) is 6.49. The predicted octanol–water partition coefficient (Wildman–Crippen LogP) is 1.83. The monoisotopic (exact) mass is 259 g/mol. The molecule has 1 amide bonds. The number of aliphatic hydroxyl groups is 1. The summed E-state index contributed by atoms with van der Waals surface area (Å²) in [6.45, 7) is 8.37. The van der Waals surface area contributed by atoms with Crippen LogP contribution in [0.2, 0.25) is 0 Å². The van der Waals surface area contributed by atoms with Gasteiger partial charge in [0.15, 0.2) is 0 Å². The molecule has 1 fully saturated rings. The van der Waals surface area contributed by atoms with Gasteiger partial charge in [-0.25, -0.2) is 4.79 Å². The number of hydrogen-bond donors (Lipinski definition) is 2. The Morgan fingerprint density at radius 1 is 1.56 bits per heavy atom. The van der Waals surface area contributed by atoms with Crippen LogP contribution in [-0.2, 0) is 9.47 Å². The van der Waals surface area contributed by atoms with Crippen molar-refractivity contribution in [2.75, 3.05) is 13.2 Å². The average Bonchev–Trinajstić information content (AvgIpc) is 2.61. The third-order valence-corrected chi connectivity index (χ3v) is 2.91. The highest BCUT2D eigenvalue weighted by molar-refractivity contribution is 5.68. The van der Waals surface area contributed by atoms with Gasteiger partial charge in [0.05, 0.1) is 18.2 Å². The van der Waals surface area contributed by atoms with E-state index in [1.54, 1.807) is 6.92 Å². The summed E-state index contributed by atoms with van der Waals surface area (Å²) in [6.07, 6.45) is 1.31. The van der Waals surface area contributed by atoms with E-state index in [0.29, 0.717) is 26.1 Å². The van der Waals surface area contributed by atoms with E-state index in [4.69, 9.17) is 9.47 Å². The molecule has 0 aromatic rings. The van der Waals surface area contributed by atoms with E-state index < -0.39 is 11.7 Å². The van der Waals surface area contributed by atoms with Gasteiger partial charge < -0.3 is 19.9 Å². The maximum Gasteiger partial charge on any atom is 0.408 e. The largest absolute Gasteiger partial charge is 0.444 e. The molecule has 2 atom stereocenters. The lowest BCUT2D eigenvalue weighted by Gasteiger charge is -2.31. The van der Waals surface area contributed by atoms with Gasteiger partial charge in [0.25, 0.3) is 0 Å². The summed E-state index contributed by atoms with van der Waals surface area (Å²) < 4.78 is 10.6. The summed E-state index contributed by atoms with van der Waals surface area (Å²) in [5.41, 5.74) is -0.895. The third-order valence-electron chi connectivity index (χ3n) is 2.91. The number of alkyl carbamates (subject to hydrolysis) is 1. The number of amides is 1. The summed E-state index contributed by atoms with van der Waals surface area (Å²) in [4.78, 5) is 11.8. The smallest absolute Gasteiger partial charge is 0.408 e. The molecule has 5 nitrogen and oxygen atoms in total. The number of hydrogen-bond acceptors (Lipinski definition) is 4. The van der Waals surface area contributed by atoms with Gasteiger partial charge >= 0.3 is 6.09 Å². The van der Waals surface area contributed by atoms with Crippen LogP contribution in [0.25, 0.3) is 0 Å². The number of rotatable bonds is 4. The Labute approximate surface area is 109 Å². The molecule has 1 aliphatic rings. The normalized spacial score (nSPS) is 25.8. The zero-order chi connectivity index (χ0) is 13.8. The molecule has 0 aromatic heterocycles. The zero-order valence-electron chi connectivity index (χ0n) is 11.8. The van der Waals surface area contributed by atoms with Crippen molar-refractivity contribution in [1.82, 2.24) is 5.32 Å². The van der Waals surface area contributed by atoms with E-state index in [-0.39, 0.29) is 11.6 Å². The van der Waals surface area contributed by atoms with Gasteiger partial charge in [0.2, 0.25) is 0 Å². The molecule has 5 heteroatoms. The minimum atomic E-state index is -0.505. The number of carbonyl (C=O) groups excluding carboxylic acids is 1. The van der Waals surface area contributed by atoms with Gasteiger partial charge in [-0.3, -0.25) is 0 Å². The SMILES string of the molecule is C[C@H](O)CCC1(NC(=O)OC(C)(C)C)CCOC1. The molecule has 0 aliphatic carbocycles. The minimum absolute atomic E-state index is 0.372. The van der Waals surface area contributed by atoms with Crippen LogP contribution in [0.5, 0.6) is 0 Å². The maximum atomic E-state index is 11.8. The Balaban J connectivity index is 2.54. The molecule has 1 heterocycles. The van der Waals surface area contributed by atoms with Crippen LogP contribution >= 0.6 is 0 Å². The molecule has 106 valence electrons. The summed E-state index contributed by atoms with van der Waals surface area (Å²) in [7, 11) is 0. The lowest BCUT2D eigenvalue weighted by Crippen LogP contribution is -2.51. The Kier molecular flexibility index (Phi) is 4.99. The molecule has 0 radical (unpaired) electrons. The van der Waals surface area contributed by atoms with E-state index in [0.717, 1.165) is 6.42 Å². The summed E-state index contributed by atoms with van der Waals surface area (Å²) in [5.74, 6) is 0. The fraction of sp³-hybridized carbons (Fsp3) is 0.923. The predicted molar refractivity (Wildman–Crippen MR) is 68.5 cm³/mol. The quantitative estimate of drug-likeness (QED) is 0.808. The van der Waals surface area contributed by atoms with Crippen molar-refractivity contribution < 1.29 is 19.4 Å². The molecule has 1 rings (SSSR count). The summed E-state index contributed by atoms with van der Waals surface area (Å²) in [5, 5.41) is 12.3. The van der Waals surface area contributed by atoms with Crippen LogP contribution in [0.1, 0.15) is 47.0 Å². The number of ether oxygens (including phenoxy) is 2. The van der Waals surface area contributed by atoms with Crippen molar-refractivity contribution in [2.45, 2.75) is 64.2 Å². The second kappa shape index (κ2) is 5.89. The van der Waals surface area contributed by atoms with Crippen molar-refractivity contribution in [3.63, 3.8) is 0 Å².